The second-order valence-electron chi connectivity index (χ2n) is 3.11. The van der Waals surface area contributed by atoms with Gasteiger partial charge in [0, 0.05) is 5.56 Å². The number of carbonyl (C=O) groups is 1. The van der Waals surface area contributed by atoms with Gasteiger partial charge in [-0.05, 0) is 18.2 Å². The molecule has 0 aromatic heterocycles. The molecule has 0 unspecified atom stereocenters. The minimum Gasteiger partial charge on any atom is -0.497 e. The van der Waals surface area contributed by atoms with Crippen LogP contribution in [0.5, 0.6) is 11.5 Å². The van der Waals surface area contributed by atoms with Crippen LogP contribution in [0.25, 0.3) is 6.08 Å². The molecule has 0 aliphatic rings. The van der Waals surface area contributed by atoms with Crippen molar-refractivity contribution < 1.29 is 19.4 Å². The minimum absolute atomic E-state index is 0.0135. The summed E-state index contributed by atoms with van der Waals surface area (Å²) in [5, 5.41) is 8.51. The van der Waals surface area contributed by atoms with Crippen LogP contribution in [-0.2, 0) is 4.79 Å². The van der Waals surface area contributed by atoms with Crippen LogP contribution in [0.2, 0.25) is 0 Å². The number of benzene rings is 1. The van der Waals surface area contributed by atoms with Crippen LogP contribution in [0.3, 0.4) is 0 Å². The largest absolute Gasteiger partial charge is 0.497 e. The van der Waals surface area contributed by atoms with Crippen LogP contribution in [0, 0.1) is 0 Å². The number of hydrogen-bond acceptors (Lipinski definition) is 3. The third-order valence-corrected chi connectivity index (χ3v) is 2.03. The molecular formula is C12H14O4. The lowest BCUT2D eigenvalue weighted by atomic mass is 10.1. The summed E-state index contributed by atoms with van der Waals surface area (Å²) in [5.41, 5.74) is 0.795. The van der Waals surface area contributed by atoms with E-state index in [0.717, 1.165) is 5.56 Å². The smallest absolute Gasteiger partial charge is 0.307 e. The van der Waals surface area contributed by atoms with E-state index >= 15 is 0 Å². The Balaban J connectivity index is 2.90. The molecule has 1 N–H and O–H groups in total. The molecule has 0 aliphatic carbocycles. The monoisotopic (exact) mass is 222 g/mol. The Bertz CT molecular complexity index is 396. The van der Waals surface area contributed by atoms with Crippen molar-refractivity contribution >= 4 is 12.0 Å². The highest BCUT2D eigenvalue weighted by molar-refractivity contribution is 5.71. The lowest BCUT2D eigenvalue weighted by Crippen LogP contribution is -1.91. The summed E-state index contributed by atoms with van der Waals surface area (Å²) >= 11 is 0. The van der Waals surface area contributed by atoms with Gasteiger partial charge in [-0.1, -0.05) is 12.2 Å². The van der Waals surface area contributed by atoms with Gasteiger partial charge in [-0.15, -0.1) is 0 Å². The highest BCUT2D eigenvalue weighted by Crippen LogP contribution is 2.25. The fourth-order valence-corrected chi connectivity index (χ4v) is 1.26. The molecule has 0 saturated carbocycles. The number of ether oxygens (including phenoxy) is 2. The predicted molar refractivity (Wildman–Crippen MR) is 60.8 cm³/mol. The summed E-state index contributed by atoms with van der Waals surface area (Å²) < 4.78 is 10.2. The van der Waals surface area contributed by atoms with Crippen LogP contribution in [0.4, 0.5) is 0 Å². The van der Waals surface area contributed by atoms with Gasteiger partial charge in [-0.3, -0.25) is 4.79 Å². The molecule has 0 bridgehead atoms. The highest BCUT2D eigenvalue weighted by Gasteiger charge is 2.01. The first-order chi connectivity index (χ1) is 7.67. The third kappa shape index (κ3) is 3.31. The van der Waals surface area contributed by atoms with Crippen molar-refractivity contribution in [3.8, 4) is 11.5 Å². The van der Waals surface area contributed by atoms with Crippen LogP contribution in [-0.4, -0.2) is 25.3 Å². The molecule has 0 amide bonds. The topological polar surface area (TPSA) is 55.8 Å². The lowest BCUT2D eigenvalue weighted by Gasteiger charge is -2.06. The maximum absolute atomic E-state index is 10.4. The summed E-state index contributed by atoms with van der Waals surface area (Å²) in [4.78, 5) is 10.4. The molecule has 1 rings (SSSR count). The summed E-state index contributed by atoms with van der Waals surface area (Å²) in [6, 6.07) is 5.35. The molecule has 86 valence electrons. The molecule has 0 heterocycles. The van der Waals surface area contributed by atoms with E-state index in [1.54, 1.807) is 44.6 Å². The van der Waals surface area contributed by atoms with Gasteiger partial charge >= 0.3 is 5.97 Å². The first-order valence-corrected chi connectivity index (χ1v) is 4.77. The van der Waals surface area contributed by atoms with Crippen molar-refractivity contribution in [2.45, 2.75) is 6.42 Å². The molecule has 0 aliphatic heterocycles. The summed E-state index contributed by atoms with van der Waals surface area (Å²) in [6.45, 7) is 0. The van der Waals surface area contributed by atoms with E-state index < -0.39 is 5.97 Å². The van der Waals surface area contributed by atoms with Crippen molar-refractivity contribution in [3.63, 3.8) is 0 Å². The molecule has 4 heteroatoms. The average molecular weight is 222 g/mol. The summed E-state index contributed by atoms with van der Waals surface area (Å²) in [6.07, 6.45) is 3.26. The van der Waals surface area contributed by atoms with E-state index in [4.69, 9.17) is 14.6 Å². The van der Waals surface area contributed by atoms with E-state index in [1.807, 2.05) is 0 Å². The summed E-state index contributed by atoms with van der Waals surface area (Å²) in [5.74, 6) is 0.524. The van der Waals surface area contributed by atoms with Crippen LogP contribution in [0.1, 0.15) is 12.0 Å². The zero-order valence-corrected chi connectivity index (χ0v) is 9.27. The Morgan fingerprint density at radius 3 is 2.69 bits per heavy atom. The standard InChI is InChI=1S/C12H14O4/c1-15-10-6-7-11(16-2)9(8-10)4-3-5-12(13)14/h3-4,6-8H,5H2,1-2H3,(H,13,14)/b4-3+. The van der Waals surface area contributed by atoms with Crippen molar-refractivity contribution in [1.82, 2.24) is 0 Å². The number of carboxylic acids is 1. The Hall–Kier alpha value is -1.97. The van der Waals surface area contributed by atoms with E-state index in [2.05, 4.69) is 0 Å². The zero-order chi connectivity index (χ0) is 12.0. The number of hydrogen-bond donors (Lipinski definition) is 1. The predicted octanol–water partition coefficient (Wildman–Crippen LogP) is 2.19. The molecule has 0 spiro atoms. The third-order valence-electron chi connectivity index (χ3n) is 2.03. The maximum Gasteiger partial charge on any atom is 0.307 e. The first kappa shape index (κ1) is 12.1. The van der Waals surface area contributed by atoms with E-state index in [-0.39, 0.29) is 6.42 Å². The minimum atomic E-state index is -0.863. The molecule has 0 saturated heterocycles. The Morgan fingerprint density at radius 2 is 2.12 bits per heavy atom. The van der Waals surface area contributed by atoms with Gasteiger partial charge in [-0.2, -0.15) is 0 Å². The normalized spacial score (nSPS) is 10.4. The number of aliphatic carboxylic acids is 1. The van der Waals surface area contributed by atoms with Crippen LogP contribution < -0.4 is 9.47 Å². The molecule has 4 nitrogen and oxygen atoms in total. The van der Waals surface area contributed by atoms with Crippen molar-refractivity contribution in [2.24, 2.45) is 0 Å². The molecule has 0 fully saturated rings. The van der Waals surface area contributed by atoms with Gasteiger partial charge in [0.2, 0.25) is 0 Å². The quantitative estimate of drug-likeness (QED) is 0.829. The Morgan fingerprint density at radius 1 is 1.38 bits per heavy atom. The van der Waals surface area contributed by atoms with E-state index in [1.165, 1.54) is 0 Å². The fraction of sp³-hybridized carbons (Fsp3) is 0.250. The van der Waals surface area contributed by atoms with Crippen LogP contribution >= 0.6 is 0 Å². The van der Waals surface area contributed by atoms with Gasteiger partial charge < -0.3 is 14.6 Å². The van der Waals surface area contributed by atoms with Gasteiger partial charge in [0.1, 0.15) is 11.5 Å². The molecule has 1 aromatic carbocycles. The van der Waals surface area contributed by atoms with E-state index in [0.29, 0.717) is 11.5 Å². The second kappa shape index (κ2) is 5.80. The molecule has 16 heavy (non-hydrogen) atoms. The molecule has 0 radical (unpaired) electrons. The molecule has 0 atom stereocenters. The second-order valence-corrected chi connectivity index (χ2v) is 3.11. The number of carboxylic acid groups (broad SMARTS) is 1. The fourth-order valence-electron chi connectivity index (χ4n) is 1.26. The molecule has 1 aromatic rings. The number of rotatable bonds is 5. The average Bonchev–Trinajstić information content (AvgIpc) is 2.28. The Kier molecular flexibility index (Phi) is 4.39. The SMILES string of the molecule is COc1ccc(OC)c(/C=C/CC(=O)O)c1. The van der Waals surface area contributed by atoms with Gasteiger partial charge in [-0.25, -0.2) is 0 Å². The van der Waals surface area contributed by atoms with Gasteiger partial charge in [0.25, 0.3) is 0 Å². The number of methoxy groups -OCH3 is 2. The van der Waals surface area contributed by atoms with Gasteiger partial charge in [0.05, 0.1) is 20.6 Å². The van der Waals surface area contributed by atoms with Crippen molar-refractivity contribution in [1.29, 1.82) is 0 Å². The lowest BCUT2D eigenvalue weighted by molar-refractivity contribution is -0.135. The highest BCUT2D eigenvalue weighted by atomic mass is 16.5. The van der Waals surface area contributed by atoms with Crippen molar-refractivity contribution in [2.75, 3.05) is 14.2 Å². The zero-order valence-electron chi connectivity index (χ0n) is 9.27. The van der Waals surface area contributed by atoms with Gasteiger partial charge in [0.15, 0.2) is 0 Å². The Labute approximate surface area is 94.1 Å². The van der Waals surface area contributed by atoms with Crippen LogP contribution in [0.15, 0.2) is 24.3 Å². The first-order valence-electron chi connectivity index (χ1n) is 4.77. The summed E-state index contributed by atoms with van der Waals surface area (Å²) in [7, 11) is 3.14. The van der Waals surface area contributed by atoms with Crippen molar-refractivity contribution in [3.05, 3.63) is 29.8 Å². The van der Waals surface area contributed by atoms with E-state index in [9.17, 15) is 4.79 Å². The maximum atomic E-state index is 10.4. The molecular weight excluding hydrogens is 208 g/mol.